The standard InChI is InChI=1S/C10H10ClNO4/c11-8-4-2-5-9(12(15)16)7(8)3-1-6-10(13)14/h2,4-5H,1,3,6H2,(H,13,14). The number of carboxylic acid groups (broad SMARTS) is 1. The molecule has 0 aliphatic heterocycles. The van der Waals surface area contributed by atoms with Crippen molar-refractivity contribution >= 4 is 23.3 Å². The Morgan fingerprint density at radius 3 is 2.75 bits per heavy atom. The Bertz CT molecular complexity index is 419. The number of hydrogen-bond acceptors (Lipinski definition) is 3. The number of halogens is 1. The molecular formula is C10H10ClNO4. The smallest absolute Gasteiger partial charge is 0.303 e. The van der Waals surface area contributed by atoms with Crippen LogP contribution in [-0.2, 0) is 11.2 Å². The highest BCUT2D eigenvalue weighted by atomic mass is 35.5. The largest absolute Gasteiger partial charge is 0.481 e. The van der Waals surface area contributed by atoms with Crippen LogP contribution in [0.15, 0.2) is 18.2 Å². The van der Waals surface area contributed by atoms with Gasteiger partial charge in [0.1, 0.15) is 0 Å². The molecule has 0 heterocycles. The van der Waals surface area contributed by atoms with Crippen molar-refractivity contribution in [1.29, 1.82) is 0 Å². The number of nitrogens with zero attached hydrogens (tertiary/aromatic N) is 1. The van der Waals surface area contributed by atoms with Crippen LogP contribution in [0.25, 0.3) is 0 Å². The highest BCUT2D eigenvalue weighted by Gasteiger charge is 2.16. The summed E-state index contributed by atoms with van der Waals surface area (Å²) in [6.45, 7) is 0. The van der Waals surface area contributed by atoms with Gasteiger partial charge in [0.15, 0.2) is 0 Å². The molecule has 5 nitrogen and oxygen atoms in total. The molecule has 0 saturated heterocycles. The first-order valence-electron chi connectivity index (χ1n) is 4.66. The van der Waals surface area contributed by atoms with Gasteiger partial charge >= 0.3 is 5.97 Å². The summed E-state index contributed by atoms with van der Waals surface area (Å²) in [5.74, 6) is -0.922. The summed E-state index contributed by atoms with van der Waals surface area (Å²) in [5, 5.41) is 19.5. The van der Waals surface area contributed by atoms with Gasteiger partial charge in [0.05, 0.1) is 9.95 Å². The minimum Gasteiger partial charge on any atom is -0.481 e. The van der Waals surface area contributed by atoms with Gasteiger partial charge in [0.2, 0.25) is 0 Å². The number of hydrogen-bond donors (Lipinski definition) is 1. The number of aliphatic carboxylic acids is 1. The lowest BCUT2D eigenvalue weighted by molar-refractivity contribution is -0.385. The van der Waals surface area contributed by atoms with Gasteiger partial charge < -0.3 is 5.11 Å². The summed E-state index contributed by atoms with van der Waals surface area (Å²) in [7, 11) is 0. The second kappa shape index (κ2) is 5.46. The van der Waals surface area contributed by atoms with Crippen molar-refractivity contribution in [2.45, 2.75) is 19.3 Å². The van der Waals surface area contributed by atoms with Gasteiger partial charge in [-0.2, -0.15) is 0 Å². The Morgan fingerprint density at radius 2 is 2.19 bits per heavy atom. The monoisotopic (exact) mass is 243 g/mol. The van der Waals surface area contributed by atoms with Crippen LogP contribution in [0, 0.1) is 10.1 Å². The number of carboxylic acids is 1. The molecule has 0 spiro atoms. The number of carbonyl (C=O) groups is 1. The van der Waals surface area contributed by atoms with Gasteiger partial charge in [-0.15, -0.1) is 0 Å². The Hall–Kier alpha value is -1.62. The third kappa shape index (κ3) is 3.20. The van der Waals surface area contributed by atoms with E-state index in [1.807, 2.05) is 0 Å². The van der Waals surface area contributed by atoms with E-state index >= 15 is 0 Å². The second-order valence-corrected chi connectivity index (χ2v) is 3.65. The first-order valence-corrected chi connectivity index (χ1v) is 5.03. The van der Waals surface area contributed by atoms with Crippen molar-refractivity contribution in [2.75, 3.05) is 0 Å². The van der Waals surface area contributed by atoms with Gasteiger partial charge in [-0.05, 0) is 18.9 Å². The number of rotatable bonds is 5. The van der Waals surface area contributed by atoms with Crippen LogP contribution < -0.4 is 0 Å². The third-order valence-electron chi connectivity index (χ3n) is 2.11. The molecule has 0 amide bonds. The van der Waals surface area contributed by atoms with Gasteiger partial charge in [-0.3, -0.25) is 14.9 Å². The second-order valence-electron chi connectivity index (χ2n) is 3.24. The van der Waals surface area contributed by atoms with Crippen LogP contribution in [0.5, 0.6) is 0 Å². The van der Waals surface area contributed by atoms with Crippen molar-refractivity contribution in [1.82, 2.24) is 0 Å². The molecule has 0 aliphatic carbocycles. The first kappa shape index (κ1) is 12.4. The molecule has 0 aromatic heterocycles. The van der Waals surface area contributed by atoms with Gasteiger partial charge in [-0.25, -0.2) is 0 Å². The lowest BCUT2D eigenvalue weighted by Crippen LogP contribution is -1.99. The van der Waals surface area contributed by atoms with Gasteiger partial charge in [-0.1, -0.05) is 17.7 Å². The Morgan fingerprint density at radius 1 is 1.50 bits per heavy atom. The van der Waals surface area contributed by atoms with E-state index in [-0.39, 0.29) is 12.1 Å². The minimum absolute atomic E-state index is 0.0254. The average molecular weight is 244 g/mol. The van der Waals surface area contributed by atoms with E-state index in [2.05, 4.69) is 0 Å². The molecule has 0 aliphatic rings. The lowest BCUT2D eigenvalue weighted by atomic mass is 10.1. The molecule has 0 saturated carbocycles. The fraction of sp³-hybridized carbons (Fsp3) is 0.300. The average Bonchev–Trinajstić information content (AvgIpc) is 2.19. The fourth-order valence-corrected chi connectivity index (χ4v) is 1.65. The summed E-state index contributed by atoms with van der Waals surface area (Å²) in [6, 6.07) is 4.42. The number of nitro benzene ring substituents is 1. The predicted octanol–water partition coefficient (Wildman–Crippen LogP) is 2.66. The molecule has 6 heteroatoms. The summed E-state index contributed by atoms with van der Waals surface area (Å²) < 4.78 is 0. The van der Waals surface area contributed by atoms with Crippen molar-refractivity contribution < 1.29 is 14.8 Å². The van der Waals surface area contributed by atoms with Crippen LogP contribution in [0.3, 0.4) is 0 Å². The molecule has 1 aromatic rings. The molecule has 16 heavy (non-hydrogen) atoms. The molecule has 1 aromatic carbocycles. The first-order chi connectivity index (χ1) is 7.52. The zero-order chi connectivity index (χ0) is 12.1. The number of nitro groups is 1. The van der Waals surface area contributed by atoms with E-state index < -0.39 is 10.9 Å². The molecule has 0 atom stereocenters. The van der Waals surface area contributed by atoms with E-state index in [1.165, 1.54) is 12.1 Å². The van der Waals surface area contributed by atoms with Crippen molar-refractivity contribution in [3.63, 3.8) is 0 Å². The van der Waals surface area contributed by atoms with E-state index in [9.17, 15) is 14.9 Å². The van der Waals surface area contributed by atoms with Crippen LogP contribution in [0.4, 0.5) is 5.69 Å². The highest BCUT2D eigenvalue weighted by molar-refractivity contribution is 6.31. The quantitative estimate of drug-likeness (QED) is 0.637. The maximum atomic E-state index is 10.7. The van der Waals surface area contributed by atoms with Crippen LogP contribution in [-0.4, -0.2) is 16.0 Å². The molecule has 0 fully saturated rings. The summed E-state index contributed by atoms with van der Waals surface area (Å²) in [6.07, 6.45) is 0.602. The topological polar surface area (TPSA) is 80.4 Å². The fourth-order valence-electron chi connectivity index (χ4n) is 1.38. The molecule has 0 bridgehead atoms. The maximum absolute atomic E-state index is 10.7. The normalized spacial score (nSPS) is 10.1. The van der Waals surface area contributed by atoms with Crippen LogP contribution >= 0.6 is 11.6 Å². The minimum atomic E-state index is -0.922. The van der Waals surface area contributed by atoms with Gasteiger partial charge in [0, 0.05) is 18.1 Å². The zero-order valence-corrected chi connectivity index (χ0v) is 9.11. The predicted molar refractivity (Wildman–Crippen MR) is 58.7 cm³/mol. The van der Waals surface area contributed by atoms with Crippen molar-refractivity contribution in [3.8, 4) is 0 Å². The molecule has 86 valence electrons. The Labute approximate surface area is 96.8 Å². The molecular weight excluding hydrogens is 234 g/mol. The summed E-state index contributed by atoms with van der Waals surface area (Å²) in [4.78, 5) is 20.5. The van der Waals surface area contributed by atoms with E-state index in [1.54, 1.807) is 6.07 Å². The molecule has 0 unspecified atom stereocenters. The molecule has 0 radical (unpaired) electrons. The lowest BCUT2D eigenvalue weighted by Gasteiger charge is -2.03. The number of benzene rings is 1. The summed E-state index contributed by atoms with van der Waals surface area (Å²) in [5.41, 5.74) is 0.341. The van der Waals surface area contributed by atoms with E-state index in [0.29, 0.717) is 23.4 Å². The maximum Gasteiger partial charge on any atom is 0.303 e. The van der Waals surface area contributed by atoms with Gasteiger partial charge in [0.25, 0.3) is 5.69 Å². The van der Waals surface area contributed by atoms with Crippen molar-refractivity contribution in [3.05, 3.63) is 38.9 Å². The van der Waals surface area contributed by atoms with Crippen LogP contribution in [0.2, 0.25) is 5.02 Å². The van der Waals surface area contributed by atoms with Crippen LogP contribution in [0.1, 0.15) is 18.4 Å². The molecule has 1 rings (SSSR count). The van der Waals surface area contributed by atoms with E-state index in [0.717, 1.165) is 0 Å². The van der Waals surface area contributed by atoms with Crippen molar-refractivity contribution in [2.24, 2.45) is 0 Å². The summed E-state index contributed by atoms with van der Waals surface area (Å²) >= 11 is 5.84. The SMILES string of the molecule is O=C(O)CCCc1c(Cl)cccc1[N+](=O)[O-]. The Kier molecular flexibility index (Phi) is 4.25. The highest BCUT2D eigenvalue weighted by Crippen LogP contribution is 2.27. The van der Waals surface area contributed by atoms with E-state index in [4.69, 9.17) is 16.7 Å². The zero-order valence-electron chi connectivity index (χ0n) is 8.35. The molecule has 1 N–H and O–H groups in total. The Balaban J connectivity index is 2.84. The third-order valence-corrected chi connectivity index (χ3v) is 2.46.